The van der Waals surface area contributed by atoms with Gasteiger partial charge in [-0.3, -0.25) is 9.59 Å². The minimum atomic E-state index is -0.495. The van der Waals surface area contributed by atoms with Crippen molar-refractivity contribution in [1.29, 1.82) is 0 Å². The van der Waals surface area contributed by atoms with Gasteiger partial charge in [-0.2, -0.15) is 0 Å². The van der Waals surface area contributed by atoms with Gasteiger partial charge in [0.25, 0.3) is 0 Å². The molecule has 202 valence electrons. The van der Waals surface area contributed by atoms with E-state index < -0.39 is 23.9 Å². The first-order chi connectivity index (χ1) is 18.3. The average Bonchev–Trinajstić information content (AvgIpc) is 2.93. The van der Waals surface area contributed by atoms with Gasteiger partial charge in [0.15, 0.2) is 23.0 Å². The number of carbonyl (C=O) groups is 4. The molecule has 0 saturated heterocycles. The molecule has 0 fully saturated rings. The number of methoxy groups -OCH3 is 4. The predicted molar refractivity (Wildman–Crippen MR) is 138 cm³/mol. The lowest BCUT2D eigenvalue weighted by molar-refractivity contribution is -0.136. The van der Waals surface area contributed by atoms with Crippen molar-refractivity contribution in [3.8, 4) is 23.0 Å². The Bertz CT molecular complexity index is 1100. The van der Waals surface area contributed by atoms with Crippen molar-refractivity contribution in [2.75, 3.05) is 28.4 Å². The second-order valence-electron chi connectivity index (χ2n) is 7.69. The quantitative estimate of drug-likeness (QED) is 0.163. The molecule has 0 amide bonds. The SMILES string of the molecule is COC(=O)/C=C/c1ccc(OC(=O)CCCCC(=O)Oc2ccc(/C=C/C(=O)OC)cc2OC)c(OC)c1. The maximum Gasteiger partial charge on any atom is 0.330 e. The third-order valence-electron chi connectivity index (χ3n) is 5.06. The summed E-state index contributed by atoms with van der Waals surface area (Å²) >= 11 is 0. The van der Waals surface area contributed by atoms with E-state index >= 15 is 0 Å². The summed E-state index contributed by atoms with van der Waals surface area (Å²) in [5, 5.41) is 0. The Morgan fingerprint density at radius 1 is 0.605 bits per heavy atom. The van der Waals surface area contributed by atoms with Crippen molar-refractivity contribution in [2.45, 2.75) is 25.7 Å². The van der Waals surface area contributed by atoms with Gasteiger partial charge in [-0.05, 0) is 60.4 Å². The fourth-order valence-electron chi connectivity index (χ4n) is 3.09. The number of hydrogen-bond acceptors (Lipinski definition) is 10. The Morgan fingerprint density at radius 3 is 1.34 bits per heavy atom. The molecule has 0 atom stereocenters. The highest BCUT2D eigenvalue weighted by Crippen LogP contribution is 2.30. The number of ether oxygens (including phenoxy) is 6. The third-order valence-corrected chi connectivity index (χ3v) is 5.06. The molecule has 2 aromatic carbocycles. The van der Waals surface area contributed by atoms with Crippen LogP contribution in [0.15, 0.2) is 48.6 Å². The second kappa shape index (κ2) is 15.5. The van der Waals surface area contributed by atoms with Crippen LogP contribution in [-0.4, -0.2) is 52.3 Å². The monoisotopic (exact) mass is 526 g/mol. The first kappa shape index (κ1) is 29.6. The maximum absolute atomic E-state index is 12.3. The Balaban J connectivity index is 1.83. The van der Waals surface area contributed by atoms with Gasteiger partial charge in [-0.1, -0.05) is 12.1 Å². The summed E-state index contributed by atoms with van der Waals surface area (Å²) in [7, 11) is 5.44. The van der Waals surface area contributed by atoms with Crippen LogP contribution >= 0.6 is 0 Å². The molecular formula is C28H30O10. The van der Waals surface area contributed by atoms with Gasteiger partial charge >= 0.3 is 23.9 Å². The van der Waals surface area contributed by atoms with Crippen LogP contribution in [0.1, 0.15) is 36.8 Å². The Hall–Kier alpha value is -4.60. The molecule has 0 aliphatic carbocycles. The highest BCUT2D eigenvalue weighted by atomic mass is 16.6. The highest BCUT2D eigenvalue weighted by molar-refractivity contribution is 5.87. The molecule has 10 nitrogen and oxygen atoms in total. The topological polar surface area (TPSA) is 124 Å². The van der Waals surface area contributed by atoms with E-state index in [1.807, 2.05) is 0 Å². The van der Waals surface area contributed by atoms with E-state index in [1.165, 1.54) is 40.6 Å². The van der Waals surface area contributed by atoms with Crippen LogP contribution in [0.4, 0.5) is 0 Å². The number of rotatable bonds is 13. The molecule has 0 heterocycles. The van der Waals surface area contributed by atoms with E-state index in [2.05, 4.69) is 9.47 Å². The molecule has 0 spiro atoms. The van der Waals surface area contributed by atoms with Gasteiger partial charge < -0.3 is 28.4 Å². The first-order valence-electron chi connectivity index (χ1n) is 11.6. The molecule has 10 heteroatoms. The summed E-state index contributed by atoms with van der Waals surface area (Å²) in [6.07, 6.45) is 6.62. The number of hydrogen-bond donors (Lipinski definition) is 0. The Kier molecular flexibility index (Phi) is 12.1. The van der Waals surface area contributed by atoms with Crippen molar-refractivity contribution >= 4 is 36.0 Å². The summed E-state index contributed by atoms with van der Waals surface area (Å²) in [5.74, 6) is -0.813. The van der Waals surface area contributed by atoms with Crippen molar-refractivity contribution < 1.29 is 47.6 Å². The van der Waals surface area contributed by atoms with Crippen molar-refractivity contribution in [3.63, 3.8) is 0 Å². The number of carbonyl (C=O) groups excluding carboxylic acids is 4. The molecule has 0 aromatic heterocycles. The molecule has 0 aliphatic heterocycles. The lowest BCUT2D eigenvalue weighted by atomic mass is 10.1. The molecule has 0 N–H and O–H groups in total. The Labute approximate surface area is 220 Å². The molecule has 0 unspecified atom stereocenters. The van der Waals surface area contributed by atoms with E-state index in [-0.39, 0.29) is 24.3 Å². The fourth-order valence-corrected chi connectivity index (χ4v) is 3.09. The lowest BCUT2D eigenvalue weighted by Gasteiger charge is -2.11. The van der Waals surface area contributed by atoms with Crippen LogP contribution in [0.2, 0.25) is 0 Å². The van der Waals surface area contributed by atoms with E-state index in [0.717, 1.165) is 0 Å². The zero-order valence-corrected chi connectivity index (χ0v) is 21.7. The summed E-state index contributed by atoms with van der Waals surface area (Å²) < 4.78 is 30.4. The average molecular weight is 527 g/mol. The standard InChI is InChI=1S/C28H30O10/c1-33-23-17-19(11-15-25(29)35-3)9-13-21(23)37-27(31)7-5-6-8-28(32)38-22-14-10-20(18-24(22)34-2)12-16-26(30)36-4/h9-18H,5-8H2,1-4H3/b15-11+,16-12+. The minimum absolute atomic E-state index is 0.0883. The molecule has 38 heavy (non-hydrogen) atoms. The molecule has 2 aromatic rings. The van der Waals surface area contributed by atoms with Gasteiger partial charge in [-0.15, -0.1) is 0 Å². The van der Waals surface area contributed by atoms with Gasteiger partial charge in [0.2, 0.25) is 0 Å². The summed E-state index contributed by atoms with van der Waals surface area (Å²) in [6, 6.07) is 9.69. The van der Waals surface area contributed by atoms with Gasteiger partial charge in [0, 0.05) is 25.0 Å². The van der Waals surface area contributed by atoms with E-state index in [0.29, 0.717) is 35.5 Å². The normalized spacial score (nSPS) is 10.7. The fraction of sp³-hybridized carbons (Fsp3) is 0.286. The highest BCUT2D eigenvalue weighted by Gasteiger charge is 2.13. The van der Waals surface area contributed by atoms with E-state index in [9.17, 15) is 19.2 Å². The smallest absolute Gasteiger partial charge is 0.330 e. The largest absolute Gasteiger partial charge is 0.493 e. The van der Waals surface area contributed by atoms with Gasteiger partial charge in [0.05, 0.1) is 28.4 Å². The second-order valence-corrected chi connectivity index (χ2v) is 7.69. The lowest BCUT2D eigenvalue weighted by Crippen LogP contribution is -2.11. The summed E-state index contributed by atoms with van der Waals surface area (Å²) in [5.41, 5.74) is 1.32. The summed E-state index contributed by atoms with van der Waals surface area (Å²) in [6.45, 7) is 0. The van der Waals surface area contributed by atoms with Gasteiger partial charge in [0.1, 0.15) is 0 Å². The first-order valence-corrected chi connectivity index (χ1v) is 11.6. The number of esters is 4. The molecule has 0 saturated carbocycles. The van der Waals surface area contributed by atoms with Crippen LogP contribution in [0.25, 0.3) is 12.2 Å². The molecule has 2 rings (SSSR count). The predicted octanol–water partition coefficient (Wildman–Crippen LogP) is 4.15. The molecule has 0 bridgehead atoms. The third kappa shape index (κ3) is 9.81. The molecule has 0 aliphatic rings. The Morgan fingerprint density at radius 2 is 1.00 bits per heavy atom. The van der Waals surface area contributed by atoms with Crippen LogP contribution in [0, 0.1) is 0 Å². The van der Waals surface area contributed by atoms with Crippen LogP contribution in [0.5, 0.6) is 23.0 Å². The van der Waals surface area contributed by atoms with Crippen LogP contribution < -0.4 is 18.9 Å². The van der Waals surface area contributed by atoms with Crippen molar-refractivity contribution in [2.24, 2.45) is 0 Å². The van der Waals surface area contributed by atoms with E-state index in [4.69, 9.17) is 18.9 Å². The zero-order chi connectivity index (χ0) is 27.9. The zero-order valence-electron chi connectivity index (χ0n) is 21.7. The minimum Gasteiger partial charge on any atom is -0.493 e. The number of unbranched alkanes of at least 4 members (excludes halogenated alkanes) is 1. The maximum atomic E-state index is 12.3. The summed E-state index contributed by atoms with van der Waals surface area (Å²) in [4.78, 5) is 47.0. The van der Waals surface area contributed by atoms with Crippen molar-refractivity contribution in [3.05, 3.63) is 59.7 Å². The van der Waals surface area contributed by atoms with Gasteiger partial charge in [-0.25, -0.2) is 9.59 Å². The number of benzene rings is 2. The van der Waals surface area contributed by atoms with Crippen LogP contribution in [0.3, 0.4) is 0 Å². The van der Waals surface area contributed by atoms with Crippen molar-refractivity contribution in [1.82, 2.24) is 0 Å². The van der Waals surface area contributed by atoms with Crippen LogP contribution in [-0.2, 0) is 28.7 Å². The molecular weight excluding hydrogens is 496 g/mol. The molecule has 0 radical (unpaired) electrons. The van der Waals surface area contributed by atoms with E-state index in [1.54, 1.807) is 48.6 Å².